The van der Waals surface area contributed by atoms with Crippen molar-refractivity contribution >= 4 is 34.8 Å². The van der Waals surface area contributed by atoms with Gasteiger partial charge in [-0.15, -0.1) is 11.8 Å². The number of benzene rings is 2. The number of hydrogen-bond donors (Lipinski definition) is 1. The maximum atomic E-state index is 12.2. The van der Waals surface area contributed by atoms with Gasteiger partial charge in [-0.1, -0.05) is 11.6 Å². The van der Waals surface area contributed by atoms with E-state index >= 15 is 0 Å². The van der Waals surface area contributed by atoms with Gasteiger partial charge in [-0.2, -0.15) is 5.10 Å². The molecule has 0 aliphatic carbocycles. The number of hydrazone groups is 1. The molecule has 0 radical (unpaired) electrons. The molecule has 1 amide bonds. The van der Waals surface area contributed by atoms with Gasteiger partial charge in [0.05, 0.1) is 24.1 Å². The molecule has 0 saturated carbocycles. The number of aromatic nitrogens is 1. The van der Waals surface area contributed by atoms with Gasteiger partial charge < -0.3 is 4.74 Å². The molecule has 0 fully saturated rings. The van der Waals surface area contributed by atoms with E-state index in [1.807, 2.05) is 56.3 Å². The van der Waals surface area contributed by atoms with Crippen LogP contribution in [0.1, 0.15) is 23.7 Å². The van der Waals surface area contributed by atoms with Crippen LogP contribution in [-0.2, 0) is 4.79 Å². The molecule has 3 aromatic rings. The highest BCUT2D eigenvalue weighted by atomic mass is 32.2. The van der Waals surface area contributed by atoms with Crippen molar-refractivity contribution in [2.45, 2.75) is 25.7 Å². The molecule has 0 saturated heterocycles. The molecule has 1 heterocycles. The lowest BCUT2D eigenvalue weighted by atomic mass is 10.1. The molecule has 28 heavy (non-hydrogen) atoms. The van der Waals surface area contributed by atoms with Gasteiger partial charge in [0.1, 0.15) is 5.75 Å². The number of hydrogen-bond acceptors (Lipinski definition) is 5. The average molecular weight is 394 g/mol. The van der Waals surface area contributed by atoms with Crippen molar-refractivity contribution in [2.75, 3.05) is 12.4 Å². The summed E-state index contributed by atoms with van der Waals surface area (Å²) in [5.41, 5.74) is 6.52. The van der Waals surface area contributed by atoms with E-state index in [1.54, 1.807) is 6.21 Å². The topological polar surface area (TPSA) is 63.6 Å². The quantitative estimate of drug-likeness (QED) is 0.365. The lowest BCUT2D eigenvalue weighted by Gasteiger charge is -2.08. The highest BCUT2D eigenvalue weighted by Crippen LogP contribution is 2.28. The largest absolute Gasteiger partial charge is 0.494 e. The van der Waals surface area contributed by atoms with E-state index in [-0.39, 0.29) is 11.7 Å². The van der Waals surface area contributed by atoms with Crippen molar-refractivity contribution in [3.05, 3.63) is 65.4 Å². The smallest absolute Gasteiger partial charge is 0.250 e. The summed E-state index contributed by atoms with van der Waals surface area (Å²) in [7, 11) is 0. The fourth-order valence-corrected chi connectivity index (χ4v) is 3.65. The van der Waals surface area contributed by atoms with E-state index < -0.39 is 0 Å². The molecule has 1 N–H and O–H groups in total. The Kier molecular flexibility index (Phi) is 6.66. The Bertz CT molecular complexity index is 1000. The molecule has 6 heteroatoms. The number of aryl methyl sites for hydroxylation is 2. The first-order valence-electron chi connectivity index (χ1n) is 9.10. The van der Waals surface area contributed by atoms with Gasteiger partial charge in [0.2, 0.25) is 5.91 Å². The highest BCUT2D eigenvalue weighted by Gasteiger charge is 2.08. The van der Waals surface area contributed by atoms with Crippen LogP contribution in [0.25, 0.3) is 10.9 Å². The van der Waals surface area contributed by atoms with Crippen LogP contribution in [0, 0.1) is 13.8 Å². The van der Waals surface area contributed by atoms with Crippen LogP contribution in [0.2, 0.25) is 0 Å². The van der Waals surface area contributed by atoms with E-state index in [9.17, 15) is 4.79 Å². The zero-order valence-corrected chi connectivity index (χ0v) is 17.0. The number of thioether (sulfide) groups is 1. The van der Waals surface area contributed by atoms with E-state index in [4.69, 9.17) is 4.74 Å². The molecule has 0 spiro atoms. The minimum Gasteiger partial charge on any atom is -0.494 e. The summed E-state index contributed by atoms with van der Waals surface area (Å²) in [4.78, 5) is 17.8. The van der Waals surface area contributed by atoms with Crippen molar-refractivity contribution in [1.29, 1.82) is 0 Å². The molecular weight excluding hydrogens is 370 g/mol. The zero-order valence-electron chi connectivity index (χ0n) is 16.2. The number of nitrogens with one attached hydrogen (secondary N) is 1. The number of amides is 1. The van der Waals surface area contributed by atoms with Crippen LogP contribution in [-0.4, -0.2) is 29.5 Å². The van der Waals surface area contributed by atoms with E-state index in [0.29, 0.717) is 6.61 Å². The molecule has 1 aromatic heterocycles. The monoisotopic (exact) mass is 393 g/mol. The fraction of sp³-hybridized carbons (Fsp3) is 0.227. The van der Waals surface area contributed by atoms with E-state index in [0.717, 1.165) is 32.8 Å². The van der Waals surface area contributed by atoms with Crippen LogP contribution < -0.4 is 10.2 Å². The first-order valence-corrected chi connectivity index (χ1v) is 10.1. The summed E-state index contributed by atoms with van der Waals surface area (Å²) in [5, 5.41) is 5.10. The molecule has 0 aliphatic heterocycles. The molecule has 3 rings (SSSR count). The lowest BCUT2D eigenvalue weighted by Crippen LogP contribution is -2.19. The third-order valence-corrected chi connectivity index (χ3v) is 5.06. The Morgan fingerprint density at radius 3 is 2.71 bits per heavy atom. The van der Waals surface area contributed by atoms with Crippen LogP contribution in [0.15, 0.2) is 58.5 Å². The second-order valence-electron chi connectivity index (χ2n) is 6.37. The van der Waals surface area contributed by atoms with Crippen LogP contribution in [0.3, 0.4) is 0 Å². The number of nitrogens with zero attached hydrogens (tertiary/aromatic N) is 2. The summed E-state index contributed by atoms with van der Waals surface area (Å²) in [6.07, 6.45) is 1.62. The normalized spacial score (nSPS) is 11.1. The van der Waals surface area contributed by atoms with Crippen molar-refractivity contribution in [3.63, 3.8) is 0 Å². The molecular formula is C22H23N3O2S. The molecule has 5 nitrogen and oxygen atoms in total. The van der Waals surface area contributed by atoms with Crippen LogP contribution in [0.5, 0.6) is 5.75 Å². The Hall–Kier alpha value is -2.86. The molecule has 0 atom stereocenters. The number of rotatable bonds is 7. The number of ether oxygens (including phenoxy) is 1. The predicted molar refractivity (Wildman–Crippen MR) is 115 cm³/mol. The summed E-state index contributed by atoms with van der Waals surface area (Å²) >= 11 is 1.49. The van der Waals surface area contributed by atoms with Crippen molar-refractivity contribution < 1.29 is 9.53 Å². The number of pyridine rings is 1. The maximum absolute atomic E-state index is 12.2. The number of carbonyl (C=O) groups is 1. The minimum absolute atomic E-state index is 0.151. The molecule has 0 aliphatic rings. The van der Waals surface area contributed by atoms with Gasteiger partial charge in [-0.25, -0.2) is 5.43 Å². The van der Waals surface area contributed by atoms with Crippen LogP contribution in [0.4, 0.5) is 0 Å². The third-order valence-electron chi connectivity index (χ3n) is 4.01. The van der Waals surface area contributed by atoms with Crippen molar-refractivity contribution in [1.82, 2.24) is 10.4 Å². The van der Waals surface area contributed by atoms with Gasteiger partial charge >= 0.3 is 0 Å². The zero-order chi connectivity index (χ0) is 19.9. The fourth-order valence-electron chi connectivity index (χ4n) is 2.73. The molecule has 144 valence electrons. The summed E-state index contributed by atoms with van der Waals surface area (Å²) in [5.74, 6) is 0.949. The first-order chi connectivity index (χ1) is 13.5. The summed E-state index contributed by atoms with van der Waals surface area (Å²) in [6.45, 7) is 6.59. The molecule has 2 aromatic carbocycles. The Morgan fingerprint density at radius 2 is 1.96 bits per heavy atom. The maximum Gasteiger partial charge on any atom is 0.250 e. The summed E-state index contributed by atoms with van der Waals surface area (Å²) in [6, 6.07) is 15.7. The number of carbonyl (C=O) groups excluding carboxylic acids is 1. The van der Waals surface area contributed by atoms with Crippen LogP contribution >= 0.6 is 11.8 Å². The number of fused-ring (bicyclic) bond motifs is 1. The highest BCUT2D eigenvalue weighted by molar-refractivity contribution is 8.00. The van der Waals surface area contributed by atoms with Crippen molar-refractivity contribution in [2.24, 2.45) is 5.10 Å². The third kappa shape index (κ3) is 5.33. The van der Waals surface area contributed by atoms with Crippen molar-refractivity contribution in [3.8, 4) is 5.75 Å². The second kappa shape index (κ2) is 9.37. The Labute approximate surface area is 169 Å². The minimum atomic E-state index is -0.151. The van der Waals surface area contributed by atoms with Gasteiger partial charge in [-0.05, 0) is 68.8 Å². The SMILES string of the molecule is CCOc1ccc(C=NNC(=O)CSc2cc(C)nc3ccc(C)cc23)cc1. The second-order valence-corrected chi connectivity index (χ2v) is 7.38. The Morgan fingerprint density at radius 1 is 1.18 bits per heavy atom. The van der Waals surface area contributed by atoms with E-state index in [1.165, 1.54) is 17.3 Å². The average Bonchev–Trinajstić information content (AvgIpc) is 2.68. The summed E-state index contributed by atoms with van der Waals surface area (Å²) < 4.78 is 5.40. The van der Waals surface area contributed by atoms with E-state index in [2.05, 4.69) is 28.5 Å². The molecule has 0 unspecified atom stereocenters. The van der Waals surface area contributed by atoms with Gasteiger partial charge in [0, 0.05) is 16.0 Å². The molecule has 0 bridgehead atoms. The van der Waals surface area contributed by atoms with Gasteiger partial charge in [0.25, 0.3) is 0 Å². The van der Waals surface area contributed by atoms with Gasteiger partial charge in [0.15, 0.2) is 0 Å². The van der Waals surface area contributed by atoms with Gasteiger partial charge in [-0.3, -0.25) is 9.78 Å². The first kappa shape index (κ1) is 19.9. The Balaban J connectivity index is 1.58. The standard InChI is InChI=1S/C22H23N3O2S/c1-4-27-18-8-6-17(7-9-18)13-23-25-22(26)14-28-21-12-16(3)24-20-10-5-15(2)11-19(20)21/h5-13H,4,14H2,1-3H3,(H,25,26). The predicted octanol–water partition coefficient (Wildman–Crippen LogP) is 4.49. The lowest BCUT2D eigenvalue weighted by molar-refractivity contribution is -0.118.